The van der Waals surface area contributed by atoms with Gasteiger partial charge in [-0.15, -0.1) is 0 Å². The number of carbonyl (C=O) groups is 1. The maximum absolute atomic E-state index is 14.0. The van der Waals surface area contributed by atoms with E-state index in [9.17, 15) is 4.79 Å². The van der Waals surface area contributed by atoms with E-state index in [1.54, 1.807) is 38.5 Å². The highest BCUT2D eigenvalue weighted by molar-refractivity contribution is 6.31. The van der Waals surface area contributed by atoms with Crippen molar-refractivity contribution in [3.05, 3.63) is 71.6 Å². The molecule has 1 aromatic carbocycles. The highest BCUT2D eigenvalue weighted by Crippen LogP contribution is 2.44. The summed E-state index contributed by atoms with van der Waals surface area (Å²) in [6.45, 7) is 12.2. The Hall–Kier alpha value is -3.25. The molecule has 0 amide bonds. The van der Waals surface area contributed by atoms with E-state index < -0.39 is 11.2 Å². The van der Waals surface area contributed by atoms with E-state index in [0.29, 0.717) is 51.9 Å². The molecular weight excluding hydrogens is 420 g/mol. The van der Waals surface area contributed by atoms with Gasteiger partial charge in [0.2, 0.25) is 0 Å². The molecule has 2 heterocycles. The predicted molar refractivity (Wildman–Crippen MR) is 129 cm³/mol. The average Bonchev–Trinajstić information content (AvgIpc) is 2.76. The molecule has 0 spiro atoms. The number of carbonyl (C=O) groups excluding carboxylic acids is 1. The van der Waals surface area contributed by atoms with E-state index in [0.717, 1.165) is 0 Å². The quantitative estimate of drug-likeness (QED) is 0.612. The topological polar surface area (TPSA) is 63.2 Å². The number of fused-ring (bicyclic) bond motifs is 1. The molecule has 0 saturated carbocycles. The zero-order chi connectivity index (χ0) is 24.4. The zero-order valence-electron chi connectivity index (χ0n) is 20.4. The largest absolute Gasteiger partial charge is 0.495 e. The van der Waals surface area contributed by atoms with Crippen LogP contribution in [-0.4, -0.2) is 44.9 Å². The minimum atomic E-state index is -0.713. The van der Waals surface area contributed by atoms with Crippen molar-refractivity contribution in [3.63, 3.8) is 0 Å². The minimum Gasteiger partial charge on any atom is -0.495 e. The van der Waals surface area contributed by atoms with Gasteiger partial charge in [0, 0.05) is 22.8 Å². The highest BCUT2D eigenvalue weighted by Gasteiger charge is 2.33. The number of allylic oxidation sites excluding steroid dienone is 4. The van der Waals surface area contributed by atoms with Crippen LogP contribution in [0.1, 0.15) is 33.3 Å². The normalized spacial score (nSPS) is 21.2. The van der Waals surface area contributed by atoms with Gasteiger partial charge < -0.3 is 23.7 Å². The van der Waals surface area contributed by atoms with Gasteiger partial charge in [0.05, 0.1) is 39.1 Å². The Morgan fingerprint density at radius 3 is 2.27 bits per heavy atom. The molecule has 0 radical (unpaired) electrons. The number of ether oxygens (including phenoxy) is 5. The van der Waals surface area contributed by atoms with Crippen LogP contribution in [0.2, 0.25) is 0 Å². The summed E-state index contributed by atoms with van der Waals surface area (Å²) in [4.78, 5) is 14.0. The van der Waals surface area contributed by atoms with Crippen molar-refractivity contribution >= 4 is 11.4 Å². The number of benzene rings is 1. The van der Waals surface area contributed by atoms with Crippen LogP contribution < -0.4 is 14.2 Å². The lowest BCUT2D eigenvalue weighted by Crippen LogP contribution is -2.30. The van der Waals surface area contributed by atoms with Crippen LogP contribution in [0.4, 0.5) is 0 Å². The number of hydrogen-bond donors (Lipinski definition) is 0. The summed E-state index contributed by atoms with van der Waals surface area (Å²) in [6.07, 6.45) is 9.06. The maximum Gasteiger partial charge on any atom is 0.197 e. The molecule has 0 aromatic heterocycles. The van der Waals surface area contributed by atoms with Crippen LogP contribution in [0, 0.1) is 0 Å². The fourth-order valence-electron chi connectivity index (χ4n) is 3.75. The Bertz CT molecular complexity index is 1080. The van der Waals surface area contributed by atoms with Crippen LogP contribution in [0.3, 0.4) is 0 Å². The highest BCUT2D eigenvalue weighted by atomic mass is 16.5. The SMILES string of the molecule is C=C1/C=C\C(C)(C)OC/C=C\C(C(=O)C2=CC(C)(C)Oc3cc(OC)c(OC)cc32)=C1OC. The Balaban J connectivity index is 2.18. The van der Waals surface area contributed by atoms with E-state index in [-0.39, 0.29) is 5.78 Å². The molecule has 0 fully saturated rings. The van der Waals surface area contributed by atoms with Gasteiger partial charge in [0.25, 0.3) is 0 Å². The number of rotatable bonds is 5. The Labute approximate surface area is 195 Å². The summed E-state index contributed by atoms with van der Waals surface area (Å²) < 4.78 is 28.6. The van der Waals surface area contributed by atoms with Crippen molar-refractivity contribution in [2.24, 2.45) is 0 Å². The molecule has 0 aliphatic carbocycles. The van der Waals surface area contributed by atoms with Crippen LogP contribution in [0.5, 0.6) is 17.2 Å². The first-order chi connectivity index (χ1) is 15.5. The Morgan fingerprint density at radius 1 is 0.970 bits per heavy atom. The first kappa shape index (κ1) is 24.4. The lowest BCUT2D eigenvalue weighted by atomic mass is 9.88. The lowest BCUT2D eigenvalue weighted by molar-refractivity contribution is -0.110. The van der Waals surface area contributed by atoms with Crippen LogP contribution in [-0.2, 0) is 14.3 Å². The molecule has 176 valence electrons. The third kappa shape index (κ3) is 5.22. The number of hydrogen-bond acceptors (Lipinski definition) is 6. The van der Waals surface area contributed by atoms with Crippen molar-refractivity contribution in [3.8, 4) is 17.2 Å². The summed E-state index contributed by atoms with van der Waals surface area (Å²) in [6, 6.07) is 3.49. The van der Waals surface area contributed by atoms with Crippen LogP contribution in [0.25, 0.3) is 5.57 Å². The number of ketones is 1. The molecule has 2 aliphatic heterocycles. The minimum absolute atomic E-state index is 0.220. The predicted octanol–water partition coefficient (Wildman–Crippen LogP) is 5.21. The second-order valence-electron chi connectivity index (χ2n) is 8.92. The fraction of sp³-hybridized carbons (Fsp3) is 0.370. The van der Waals surface area contributed by atoms with E-state index in [4.69, 9.17) is 23.7 Å². The third-order valence-corrected chi connectivity index (χ3v) is 5.39. The summed E-state index contributed by atoms with van der Waals surface area (Å²) in [5.74, 6) is 1.74. The molecule has 0 N–H and O–H groups in total. The second-order valence-corrected chi connectivity index (χ2v) is 8.92. The monoisotopic (exact) mass is 452 g/mol. The molecule has 6 nitrogen and oxygen atoms in total. The molecule has 33 heavy (non-hydrogen) atoms. The van der Waals surface area contributed by atoms with Crippen LogP contribution in [0.15, 0.2) is 66.0 Å². The van der Waals surface area contributed by atoms with Gasteiger partial charge >= 0.3 is 0 Å². The van der Waals surface area contributed by atoms with Gasteiger partial charge in [-0.05, 0) is 45.9 Å². The van der Waals surface area contributed by atoms with Crippen molar-refractivity contribution in [1.82, 2.24) is 0 Å². The van der Waals surface area contributed by atoms with E-state index in [1.165, 1.54) is 7.11 Å². The Morgan fingerprint density at radius 2 is 1.64 bits per heavy atom. The van der Waals surface area contributed by atoms with Crippen LogP contribution >= 0.6 is 0 Å². The van der Waals surface area contributed by atoms with Crippen molar-refractivity contribution in [2.75, 3.05) is 27.9 Å². The molecule has 0 atom stereocenters. The van der Waals surface area contributed by atoms with Gasteiger partial charge in [-0.25, -0.2) is 0 Å². The lowest BCUT2D eigenvalue weighted by Gasteiger charge is -2.31. The van der Waals surface area contributed by atoms with Crippen molar-refractivity contribution in [2.45, 2.75) is 38.9 Å². The third-order valence-electron chi connectivity index (χ3n) is 5.39. The summed E-state index contributed by atoms with van der Waals surface area (Å²) >= 11 is 0. The smallest absolute Gasteiger partial charge is 0.197 e. The second kappa shape index (κ2) is 9.32. The van der Waals surface area contributed by atoms with E-state index in [1.807, 2.05) is 45.9 Å². The molecule has 0 unspecified atom stereocenters. The molecule has 0 bridgehead atoms. The first-order valence-corrected chi connectivity index (χ1v) is 10.7. The average molecular weight is 453 g/mol. The number of Topliss-reactive ketones (excluding diaryl/α,β-unsaturated/α-hetero) is 1. The number of methoxy groups -OCH3 is 3. The van der Waals surface area contributed by atoms with Gasteiger partial charge in [0.1, 0.15) is 17.1 Å². The maximum atomic E-state index is 14.0. The van der Waals surface area contributed by atoms with Gasteiger partial charge in [-0.2, -0.15) is 0 Å². The standard InChI is InChI=1S/C27H32O6/c1-17-11-12-26(2,3)32-13-9-10-18(25(17)31-8)24(28)20-16-27(4,5)33-21-15-23(30-7)22(29-6)14-19(20)21/h9-12,14-16H,1,13H2,2-8H3/b10-9-,12-11-,25-18?. The van der Waals surface area contributed by atoms with Gasteiger partial charge in [0.15, 0.2) is 17.3 Å². The first-order valence-electron chi connectivity index (χ1n) is 10.7. The molecule has 2 aliphatic rings. The van der Waals surface area contributed by atoms with E-state index >= 15 is 0 Å². The van der Waals surface area contributed by atoms with Crippen molar-refractivity contribution < 1.29 is 28.5 Å². The molecule has 6 heteroatoms. The molecular formula is C27H32O6. The van der Waals surface area contributed by atoms with Gasteiger partial charge in [-0.3, -0.25) is 4.79 Å². The van der Waals surface area contributed by atoms with Gasteiger partial charge in [-0.1, -0.05) is 24.8 Å². The zero-order valence-corrected chi connectivity index (χ0v) is 20.4. The molecule has 3 rings (SSSR count). The summed E-state index contributed by atoms with van der Waals surface area (Å²) in [5, 5.41) is 0. The summed E-state index contributed by atoms with van der Waals surface area (Å²) in [7, 11) is 4.65. The molecule has 1 aromatic rings. The Kier molecular flexibility index (Phi) is 6.89. The molecule has 0 saturated heterocycles. The fourth-order valence-corrected chi connectivity index (χ4v) is 3.75. The summed E-state index contributed by atoms with van der Waals surface area (Å²) in [5.41, 5.74) is 0.851. The van der Waals surface area contributed by atoms with Crippen molar-refractivity contribution in [1.29, 1.82) is 0 Å². The van der Waals surface area contributed by atoms with E-state index in [2.05, 4.69) is 6.58 Å².